The number of methoxy groups -OCH3 is 3. The van der Waals surface area contributed by atoms with Crippen LogP contribution in [-0.2, 0) is 11.3 Å². The van der Waals surface area contributed by atoms with Crippen LogP contribution in [0.25, 0.3) is 0 Å². The zero-order chi connectivity index (χ0) is 23.3. The number of nitrogen functional groups attached to an aromatic ring is 1. The van der Waals surface area contributed by atoms with E-state index in [9.17, 15) is 9.59 Å². The third-order valence-corrected chi connectivity index (χ3v) is 4.61. The monoisotopic (exact) mass is 460 g/mol. The normalized spacial score (nSPS) is 10.4. The van der Waals surface area contributed by atoms with Gasteiger partial charge in [-0.1, -0.05) is 16.8 Å². The molecule has 0 saturated heterocycles. The zero-order valence-corrected chi connectivity index (χ0v) is 18.3. The Hall–Kier alpha value is -3.99. The van der Waals surface area contributed by atoms with Crippen molar-refractivity contribution in [1.82, 2.24) is 15.0 Å². The molecule has 0 saturated carbocycles. The molecule has 1 heterocycles. The van der Waals surface area contributed by atoms with Crippen molar-refractivity contribution >= 4 is 40.6 Å². The number of anilines is 3. The number of halogens is 1. The van der Waals surface area contributed by atoms with Crippen LogP contribution in [-0.4, -0.2) is 48.1 Å². The van der Waals surface area contributed by atoms with Gasteiger partial charge in [0.05, 0.1) is 32.7 Å². The van der Waals surface area contributed by atoms with E-state index < -0.39 is 11.8 Å². The fourth-order valence-corrected chi connectivity index (χ4v) is 2.96. The van der Waals surface area contributed by atoms with Gasteiger partial charge in [0.2, 0.25) is 5.91 Å². The van der Waals surface area contributed by atoms with E-state index in [0.29, 0.717) is 33.6 Å². The van der Waals surface area contributed by atoms with Crippen molar-refractivity contribution in [1.29, 1.82) is 0 Å². The van der Waals surface area contributed by atoms with Crippen molar-refractivity contribution < 1.29 is 23.8 Å². The van der Waals surface area contributed by atoms with E-state index in [1.54, 1.807) is 30.3 Å². The molecule has 3 rings (SSSR count). The molecule has 2 aromatic carbocycles. The van der Waals surface area contributed by atoms with Crippen molar-refractivity contribution in [3.05, 3.63) is 47.1 Å². The second-order valence-corrected chi connectivity index (χ2v) is 6.83. The summed E-state index contributed by atoms with van der Waals surface area (Å²) in [4.78, 5) is 25.1. The fourth-order valence-electron chi connectivity index (χ4n) is 2.79. The molecule has 0 aliphatic heterocycles. The highest BCUT2D eigenvalue weighted by molar-refractivity contribution is 6.31. The molecule has 2 amide bonds. The lowest BCUT2D eigenvalue weighted by Gasteiger charge is -2.12. The number of nitrogens with two attached hydrogens (primary N) is 1. The summed E-state index contributed by atoms with van der Waals surface area (Å²) in [6.07, 6.45) is 0. The average molecular weight is 461 g/mol. The molecule has 0 radical (unpaired) electrons. The van der Waals surface area contributed by atoms with E-state index in [-0.39, 0.29) is 18.1 Å². The second kappa shape index (κ2) is 9.88. The molecule has 168 valence electrons. The van der Waals surface area contributed by atoms with Gasteiger partial charge in [-0.15, -0.1) is 5.10 Å². The SMILES string of the molecule is COc1ccc(NC(=O)Cn2nnc(C(=O)Nc3cc(Cl)ccc3OC)c2N)c(OC)c1. The molecule has 0 atom stereocenters. The Morgan fingerprint density at radius 2 is 1.75 bits per heavy atom. The number of aromatic nitrogens is 3. The largest absolute Gasteiger partial charge is 0.497 e. The van der Waals surface area contributed by atoms with Gasteiger partial charge in [0.25, 0.3) is 5.91 Å². The predicted molar refractivity (Wildman–Crippen MR) is 119 cm³/mol. The smallest absolute Gasteiger partial charge is 0.280 e. The van der Waals surface area contributed by atoms with Gasteiger partial charge in [-0.2, -0.15) is 0 Å². The molecule has 1 aromatic heterocycles. The molecule has 0 fully saturated rings. The molecular formula is C20H21ClN6O5. The van der Waals surface area contributed by atoms with Crippen LogP contribution in [0.3, 0.4) is 0 Å². The number of nitrogens with one attached hydrogen (secondary N) is 2. The number of ether oxygens (including phenoxy) is 3. The summed E-state index contributed by atoms with van der Waals surface area (Å²) in [5.41, 5.74) is 6.61. The Labute approximate surface area is 188 Å². The summed E-state index contributed by atoms with van der Waals surface area (Å²) < 4.78 is 16.7. The molecule has 32 heavy (non-hydrogen) atoms. The Kier molecular flexibility index (Phi) is 7.00. The quantitative estimate of drug-likeness (QED) is 0.465. The standard InChI is InChI=1S/C20H21ClN6O5/c1-30-12-5-6-13(16(9-12)32-3)23-17(28)10-27-19(22)18(25-26-27)20(29)24-14-8-11(21)4-7-15(14)31-2/h4-9H,10,22H2,1-3H3,(H,23,28)(H,24,29). The maximum absolute atomic E-state index is 12.6. The first-order chi connectivity index (χ1) is 15.4. The molecule has 11 nitrogen and oxygen atoms in total. The molecule has 12 heteroatoms. The minimum Gasteiger partial charge on any atom is -0.497 e. The molecule has 4 N–H and O–H groups in total. The fraction of sp³-hybridized carbons (Fsp3) is 0.200. The highest BCUT2D eigenvalue weighted by atomic mass is 35.5. The van der Waals surface area contributed by atoms with E-state index >= 15 is 0 Å². The van der Waals surface area contributed by atoms with Gasteiger partial charge in [0, 0.05) is 11.1 Å². The molecule has 0 bridgehead atoms. The van der Waals surface area contributed by atoms with Crippen molar-refractivity contribution in [2.24, 2.45) is 0 Å². The number of carbonyl (C=O) groups is 2. The topological polar surface area (TPSA) is 143 Å². The molecule has 0 spiro atoms. The number of nitrogens with zero attached hydrogens (tertiary/aromatic N) is 3. The summed E-state index contributed by atoms with van der Waals surface area (Å²) in [7, 11) is 4.45. The number of hydrogen-bond donors (Lipinski definition) is 3. The van der Waals surface area contributed by atoms with Crippen LogP contribution in [0.1, 0.15) is 10.5 Å². The molecule has 0 aliphatic rings. The molecular weight excluding hydrogens is 440 g/mol. The van der Waals surface area contributed by atoms with Gasteiger partial charge < -0.3 is 30.6 Å². The minimum absolute atomic E-state index is 0.0830. The number of rotatable bonds is 8. The van der Waals surface area contributed by atoms with Gasteiger partial charge >= 0.3 is 0 Å². The van der Waals surface area contributed by atoms with Crippen molar-refractivity contribution in [2.45, 2.75) is 6.54 Å². The van der Waals surface area contributed by atoms with Crippen LogP contribution in [0.4, 0.5) is 17.2 Å². The van der Waals surface area contributed by atoms with Crippen LogP contribution < -0.4 is 30.6 Å². The lowest BCUT2D eigenvalue weighted by molar-refractivity contribution is -0.116. The summed E-state index contributed by atoms with van der Waals surface area (Å²) in [5, 5.41) is 13.3. The van der Waals surface area contributed by atoms with E-state index in [1.807, 2.05) is 0 Å². The lowest BCUT2D eigenvalue weighted by atomic mass is 10.2. The number of carbonyl (C=O) groups excluding carboxylic acids is 2. The maximum atomic E-state index is 12.6. The highest BCUT2D eigenvalue weighted by Crippen LogP contribution is 2.30. The Bertz CT molecular complexity index is 1150. The third kappa shape index (κ3) is 5.01. The first kappa shape index (κ1) is 22.7. The predicted octanol–water partition coefficient (Wildman–Crippen LogP) is 2.43. The van der Waals surface area contributed by atoms with Gasteiger partial charge in [-0.05, 0) is 30.3 Å². The average Bonchev–Trinajstić information content (AvgIpc) is 3.14. The van der Waals surface area contributed by atoms with Crippen LogP contribution in [0.2, 0.25) is 5.02 Å². The minimum atomic E-state index is -0.633. The van der Waals surface area contributed by atoms with Crippen LogP contribution in [0, 0.1) is 0 Å². The summed E-state index contributed by atoms with van der Waals surface area (Å²) in [6, 6.07) is 9.69. The zero-order valence-electron chi connectivity index (χ0n) is 17.5. The highest BCUT2D eigenvalue weighted by Gasteiger charge is 2.21. The Morgan fingerprint density at radius 1 is 1.00 bits per heavy atom. The van der Waals surface area contributed by atoms with E-state index in [0.717, 1.165) is 4.68 Å². The summed E-state index contributed by atoms with van der Waals surface area (Å²) >= 11 is 5.98. The van der Waals surface area contributed by atoms with Gasteiger partial charge in [-0.25, -0.2) is 4.68 Å². The Morgan fingerprint density at radius 3 is 2.44 bits per heavy atom. The Balaban J connectivity index is 1.71. The van der Waals surface area contributed by atoms with E-state index in [4.69, 9.17) is 31.5 Å². The van der Waals surface area contributed by atoms with Crippen molar-refractivity contribution in [2.75, 3.05) is 37.7 Å². The third-order valence-electron chi connectivity index (χ3n) is 4.37. The van der Waals surface area contributed by atoms with E-state index in [1.165, 1.54) is 27.4 Å². The molecule has 0 aliphatic carbocycles. The van der Waals surface area contributed by atoms with Crippen LogP contribution >= 0.6 is 11.6 Å². The number of hydrogen-bond acceptors (Lipinski definition) is 8. The summed E-state index contributed by atoms with van der Waals surface area (Å²) in [6.45, 7) is -0.276. The molecule has 0 unspecified atom stereocenters. The van der Waals surface area contributed by atoms with Gasteiger partial charge in [0.15, 0.2) is 11.5 Å². The number of amides is 2. The second-order valence-electron chi connectivity index (χ2n) is 6.39. The van der Waals surface area contributed by atoms with E-state index in [2.05, 4.69) is 20.9 Å². The molecule has 3 aromatic rings. The first-order valence-electron chi connectivity index (χ1n) is 9.22. The maximum Gasteiger partial charge on any atom is 0.280 e. The van der Waals surface area contributed by atoms with Crippen LogP contribution in [0.15, 0.2) is 36.4 Å². The van der Waals surface area contributed by atoms with Crippen molar-refractivity contribution in [3.8, 4) is 17.2 Å². The number of benzene rings is 2. The lowest BCUT2D eigenvalue weighted by Crippen LogP contribution is -2.21. The van der Waals surface area contributed by atoms with Gasteiger partial charge in [0.1, 0.15) is 23.8 Å². The van der Waals surface area contributed by atoms with Crippen LogP contribution in [0.5, 0.6) is 17.2 Å². The summed E-state index contributed by atoms with van der Waals surface area (Å²) in [5.74, 6) is 0.231. The van der Waals surface area contributed by atoms with Crippen molar-refractivity contribution in [3.63, 3.8) is 0 Å². The first-order valence-corrected chi connectivity index (χ1v) is 9.59. The van der Waals surface area contributed by atoms with Gasteiger partial charge in [-0.3, -0.25) is 9.59 Å².